The van der Waals surface area contributed by atoms with E-state index >= 15 is 0 Å². The Morgan fingerprint density at radius 3 is 2.90 bits per heavy atom. The predicted molar refractivity (Wildman–Crippen MR) is 73.6 cm³/mol. The number of carbonyl (C=O) groups is 1. The van der Waals surface area contributed by atoms with Crippen LogP contribution in [0.1, 0.15) is 23.1 Å². The van der Waals surface area contributed by atoms with Gasteiger partial charge in [-0.15, -0.1) is 0 Å². The first-order valence-electron chi connectivity index (χ1n) is 6.07. The number of nitrogens with two attached hydrogens (primary N) is 1. The van der Waals surface area contributed by atoms with Crippen molar-refractivity contribution in [1.82, 2.24) is 19.7 Å². The molecule has 0 saturated heterocycles. The second-order valence-corrected chi connectivity index (χ2v) is 4.09. The lowest BCUT2D eigenvalue weighted by molar-refractivity contribution is 0.101. The second-order valence-electron chi connectivity index (χ2n) is 4.09. The maximum atomic E-state index is 12.2. The molecule has 8 nitrogen and oxygen atoms in total. The van der Waals surface area contributed by atoms with Crippen molar-refractivity contribution in [3.05, 3.63) is 23.7 Å². The van der Waals surface area contributed by atoms with E-state index in [4.69, 9.17) is 10.5 Å². The third-order valence-electron chi connectivity index (χ3n) is 2.65. The molecular weight excluding hydrogens is 260 g/mol. The van der Waals surface area contributed by atoms with Gasteiger partial charge in [-0.05, 0) is 13.8 Å². The van der Waals surface area contributed by atoms with Crippen molar-refractivity contribution in [1.29, 1.82) is 0 Å². The van der Waals surface area contributed by atoms with Gasteiger partial charge in [0.1, 0.15) is 5.69 Å². The molecule has 2 rings (SSSR count). The minimum Gasteiger partial charge on any atom is -0.481 e. The van der Waals surface area contributed by atoms with Gasteiger partial charge in [0.05, 0.1) is 19.0 Å². The van der Waals surface area contributed by atoms with E-state index < -0.39 is 5.91 Å². The first-order valence-corrected chi connectivity index (χ1v) is 6.07. The maximum absolute atomic E-state index is 12.2. The molecule has 0 aliphatic rings. The molecule has 106 valence electrons. The Bertz CT molecular complexity index is 637. The number of methoxy groups -OCH3 is 1. The van der Waals surface area contributed by atoms with Gasteiger partial charge in [0.15, 0.2) is 0 Å². The van der Waals surface area contributed by atoms with Gasteiger partial charge >= 0.3 is 0 Å². The number of aryl methyl sites for hydroxylation is 2. The lowest BCUT2D eigenvalue weighted by atomic mass is 10.3. The van der Waals surface area contributed by atoms with Crippen LogP contribution in [-0.2, 0) is 6.54 Å². The molecule has 8 heteroatoms. The topological polar surface area (TPSA) is 108 Å². The molecule has 0 radical (unpaired) electrons. The lowest BCUT2D eigenvalue weighted by Gasteiger charge is -2.08. The average Bonchev–Trinajstić information content (AvgIpc) is 2.79. The van der Waals surface area contributed by atoms with Crippen LogP contribution < -0.4 is 15.8 Å². The number of hydrogen-bond donors (Lipinski definition) is 2. The average molecular weight is 276 g/mol. The van der Waals surface area contributed by atoms with E-state index in [2.05, 4.69) is 20.4 Å². The van der Waals surface area contributed by atoms with Crippen molar-refractivity contribution in [2.24, 2.45) is 0 Å². The van der Waals surface area contributed by atoms with Gasteiger partial charge in [-0.3, -0.25) is 14.8 Å². The Hall–Kier alpha value is -2.64. The van der Waals surface area contributed by atoms with E-state index in [1.165, 1.54) is 18.0 Å². The number of ether oxygens (including phenoxy) is 1. The molecule has 0 spiro atoms. The van der Waals surface area contributed by atoms with Crippen LogP contribution in [0.25, 0.3) is 0 Å². The maximum Gasteiger partial charge on any atom is 0.278 e. The summed E-state index contributed by atoms with van der Waals surface area (Å²) in [5, 5.41) is 6.61. The highest BCUT2D eigenvalue weighted by molar-refractivity contribution is 6.05. The largest absolute Gasteiger partial charge is 0.481 e. The van der Waals surface area contributed by atoms with Crippen LogP contribution in [0.15, 0.2) is 12.3 Å². The van der Waals surface area contributed by atoms with Gasteiger partial charge in [0, 0.05) is 18.3 Å². The number of aromatic nitrogens is 4. The van der Waals surface area contributed by atoms with Crippen molar-refractivity contribution in [3.63, 3.8) is 0 Å². The predicted octanol–water partition coefficient (Wildman–Crippen LogP) is 0.845. The van der Waals surface area contributed by atoms with Gasteiger partial charge in [0.2, 0.25) is 11.8 Å². The van der Waals surface area contributed by atoms with Crippen molar-refractivity contribution in [2.75, 3.05) is 18.2 Å². The first kappa shape index (κ1) is 13.8. The SMILES string of the molecule is CCn1ncc(N)c1C(=O)Nc1nc(C)cc(OC)n1. The Morgan fingerprint density at radius 2 is 2.25 bits per heavy atom. The van der Waals surface area contributed by atoms with Crippen molar-refractivity contribution < 1.29 is 9.53 Å². The van der Waals surface area contributed by atoms with E-state index in [0.717, 1.165) is 0 Å². The van der Waals surface area contributed by atoms with Crippen LogP contribution in [0.5, 0.6) is 5.88 Å². The fourth-order valence-electron chi connectivity index (χ4n) is 1.75. The van der Waals surface area contributed by atoms with Crippen molar-refractivity contribution in [2.45, 2.75) is 20.4 Å². The summed E-state index contributed by atoms with van der Waals surface area (Å²) >= 11 is 0. The molecule has 2 aromatic heterocycles. The highest BCUT2D eigenvalue weighted by Gasteiger charge is 2.17. The summed E-state index contributed by atoms with van der Waals surface area (Å²) in [5.74, 6) is 0.134. The number of hydrogen-bond acceptors (Lipinski definition) is 6. The highest BCUT2D eigenvalue weighted by Crippen LogP contribution is 2.15. The van der Waals surface area contributed by atoms with E-state index in [1.807, 2.05) is 6.92 Å². The molecule has 0 aliphatic carbocycles. The fraction of sp³-hybridized carbons (Fsp3) is 0.333. The van der Waals surface area contributed by atoms with Crippen molar-refractivity contribution >= 4 is 17.5 Å². The Morgan fingerprint density at radius 1 is 1.50 bits per heavy atom. The zero-order chi connectivity index (χ0) is 14.7. The van der Waals surface area contributed by atoms with Crippen LogP contribution in [-0.4, -0.2) is 32.8 Å². The molecule has 1 amide bonds. The molecule has 2 aromatic rings. The number of anilines is 2. The Kier molecular flexibility index (Phi) is 3.83. The number of nitrogens with zero attached hydrogens (tertiary/aromatic N) is 4. The van der Waals surface area contributed by atoms with E-state index in [-0.39, 0.29) is 11.6 Å². The molecule has 0 unspecified atom stereocenters. The van der Waals surface area contributed by atoms with Gasteiger partial charge in [-0.25, -0.2) is 4.98 Å². The second kappa shape index (κ2) is 5.55. The van der Waals surface area contributed by atoms with E-state index in [1.54, 1.807) is 13.0 Å². The van der Waals surface area contributed by atoms with E-state index in [0.29, 0.717) is 23.8 Å². The quantitative estimate of drug-likeness (QED) is 0.856. The van der Waals surface area contributed by atoms with Crippen LogP contribution in [0.3, 0.4) is 0 Å². The molecule has 0 saturated carbocycles. The molecule has 0 fully saturated rings. The van der Waals surface area contributed by atoms with Gasteiger partial charge in [-0.1, -0.05) is 0 Å². The molecule has 20 heavy (non-hydrogen) atoms. The highest BCUT2D eigenvalue weighted by atomic mass is 16.5. The summed E-state index contributed by atoms with van der Waals surface area (Å²) in [4.78, 5) is 20.4. The number of rotatable bonds is 4. The molecule has 0 bridgehead atoms. The molecule has 0 aliphatic heterocycles. The smallest absolute Gasteiger partial charge is 0.278 e. The van der Waals surface area contributed by atoms with Crippen molar-refractivity contribution in [3.8, 4) is 5.88 Å². The normalized spacial score (nSPS) is 10.3. The number of nitrogens with one attached hydrogen (secondary N) is 1. The summed E-state index contributed by atoms with van der Waals surface area (Å²) in [6, 6.07) is 1.67. The zero-order valence-corrected chi connectivity index (χ0v) is 11.5. The molecule has 0 atom stereocenters. The monoisotopic (exact) mass is 276 g/mol. The number of nitrogen functional groups attached to an aromatic ring is 1. The van der Waals surface area contributed by atoms with Gasteiger partial charge < -0.3 is 10.5 Å². The zero-order valence-electron chi connectivity index (χ0n) is 11.5. The minimum absolute atomic E-state index is 0.162. The third kappa shape index (κ3) is 2.68. The first-order chi connectivity index (χ1) is 9.55. The van der Waals surface area contributed by atoms with Gasteiger partial charge in [0.25, 0.3) is 5.91 Å². The number of carbonyl (C=O) groups excluding carboxylic acids is 1. The van der Waals surface area contributed by atoms with E-state index in [9.17, 15) is 4.79 Å². The van der Waals surface area contributed by atoms with Crippen LogP contribution in [0, 0.1) is 6.92 Å². The summed E-state index contributed by atoms with van der Waals surface area (Å²) in [6.45, 7) is 4.19. The Labute approximate surface area is 116 Å². The lowest BCUT2D eigenvalue weighted by Crippen LogP contribution is -2.20. The summed E-state index contributed by atoms with van der Waals surface area (Å²) < 4.78 is 6.54. The van der Waals surface area contributed by atoms with Gasteiger partial charge in [-0.2, -0.15) is 10.1 Å². The number of amides is 1. The molecule has 3 N–H and O–H groups in total. The minimum atomic E-state index is -0.408. The molecule has 2 heterocycles. The molecule has 0 aromatic carbocycles. The fourth-order valence-corrected chi connectivity index (χ4v) is 1.75. The summed E-state index contributed by atoms with van der Waals surface area (Å²) in [7, 11) is 1.50. The van der Waals surface area contributed by atoms with Crippen LogP contribution in [0.2, 0.25) is 0 Å². The van der Waals surface area contributed by atoms with Crippen LogP contribution in [0.4, 0.5) is 11.6 Å². The third-order valence-corrected chi connectivity index (χ3v) is 2.65. The Balaban J connectivity index is 2.27. The summed E-state index contributed by atoms with van der Waals surface area (Å²) in [5.41, 5.74) is 7.03. The standard InChI is InChI=1S/C12H16N6O2/c1-4-18-10(8(13)6-14-18)11(19)17-12-15-7(2)5-9(16-12)20-3/h5-6H,4,13H2,1-3H3,(H,15,16,17,19). The summed E-state index contributed by atoms with van der Waals surface area (Å²) in [6.07, 6.45) is 1.44. The van der Waals surface area contributed by atoms with Crippen LogP contribution >= 0.6 is 0 Å². The molecular formula is C12H16N6O2.